The Kier molecular flexibility index (Phi) is 3.32. The summed E-state index contributed by atoms with van der Waals surface area (Å²) in [6, 6.07) is 1.95. The van der Waals surface area contributed by atoms with Gasteiger partial charge in [-0.15, -0.1) is 0 Å². The quantitative estimate of drug-likeness (QED) is 0.783. The first-order valence-corrected chi connectivity index (χ1v) is 4.64. The van der Waals surface area contributed by atoms with Gasteiger partial charge in [0.15, 0.2) is 0 Å². The van der Waals surface area contributed by atoms with Crippen LogP contribution in [0.2, 0.25) is 0 Å². The Morgan fingerprint density at radius 2 is 2.55 bits per heavy atom. The molecular formula is C7H11IN2O. The second-order valence-electron chi connectivity index (χ2n) is 2.17. The summed E-state index contributed by atoms with van der Waals surface area (Å²) in [5.74, 6) is 0. The van der Waals surface area contributed by atoms with E-state index in [2.05, 4.69) is 27.7 Å². The van der Waals surface area contributed by atoms with E-state index in [1.165, 1.54) is 0 Å². The van der Waals surface area contributed by atoms with Gasteiger partial charge in [-0.25, -0.2) is 4.68 Å². The minimum Gasteiger partial charge on any atom is -0.357 e. The molecule has 1 atom stereocenters. The molecule has 1 heterocycles. The molecule has 0 amide bonds. The van der Waals surface area contributed by atoms with Crippen LogP contribution in [-0.2, 0) is 4.74 Å². The summed E-state index contributed by atoms with van der Waals surface area (Å²) in [5.41, 5.74) is 0. The fraction of sp³-hybridized carbons (Fsp3) is 0.571. The Labute approximate surface area is 79.9 Å². The van der Waals surface area contributed by atoms with Crippen LogP contribution in [0.3, 0.4) is 0 Å². The second kappa shape index (κ2) is 4.06. The van der Waals surface area contributed by atoms with Gasteiger partial charge in [0.05, 0.1) is 0 Å². The predicted molar refractivity (Wildman–Crippen MR) is 51.3 cm³/mol. The number of ether oxygens (including phenoxy) is 1. The molecule has 11 heavy (non-hydrogen) atoms. The largest absolute Gasteiger partial charge is 0.357 e. The van der Waals surface area contributed by atoms with Crippen LogP contribution in [0.5, 0.6) is 0 Å². The minimum atomic E-state index is 0.0449. The smallest absolute Gasteiger partial charge is 0.147 e. The van der Waals surface area contributed by atoms with Crippen LogP contribution in [0.1, 0.15) is 20.1 Å². The molecule has 0 saturated carbocycles. The zero-order chi connectivity index (χ0) is 8.27. The van der Waals surface area contributed by atoms with Crippen LogP contribution in [0.25, 0.3) is 0 Å². The lowest BCUT2D eigenvalue weighted by Gasteiger charge is -2.10. The third kappa shape index (κ3) is 2.44. The Morgan fingerprint density at radius 1 is 1.82 bits per heavy atom. The number of nitrogens with zero attached hydrogens (tertiary/aromatic N) is 2. The van der Waals surface area contributed by atoms with Gasteiger partial charge in [-0.2, -0.15) is 5.10 Å². The highest BCUT2D eigenvalue weighted by atomic mass is 127. The van der Waals surface area contributed by atoms with Crippen molar-refractivity contribution >= 4 is 22.6 Å². The van der Waals surface area contributed by atoms with E-state index in [-0.39, 0.29) is 6.23 Å². The normalized spacial score (nSPS) is 13.4. The molecule has 1 unspecified atom stereocenters. The van der Waals surface area contributed by atoms with Crippen LogP contribution < -0.4 is 0 Å². The molecular weight excluding hydrogens is 255 g/mol. The highest BCUT2D eigenvalue weighted by Gasteiger charge is 2.03. The van der Waals surface area contributed by atoms with E-state index in [1.807, 2.05) is 30.8 Å². The Balaban J connectivity index is 2.60. The number of halogens is 1. The summed E-state index contributed by atoms with van der Waals surface area (Å²) < 4.78 is 8.14. The molecule has 0 radical (unpaired) electrons. The SMILES string of the molecule is CCOC(C)n1ccc(I)n1. The zero-order valence-electron chi connectivity index (χ0n) is 6.62. The first kappa shape index (κ1) is 8.99. The average molecular weight is 266 g/mol. The summed E-state index contributed by atoms with van der Waals surface area (Å²) >= 11 is 2.17. The van der Waals surface area contributed by atoms with Crippen molar-refractivity contribution < 1.29 is 4.74 Å². The van der Waals surface area contributed by atoms with Gasteiger partial charge < -0.3 is 4.74 Å². The van der Waals surface area contributed by atoms with Gasteiger partial charge in [-0.3, -0.25) is 0 Å². The van der Waals surface area contributed by atoms with Crippen molar-refractivity contribution in [3.63, 3.8) is 0 Å². The van der Waals surface area contributed by atoms with Crippen molar-refractivity contribution in [3.8, 4) is 0 Å². The molecule has 0 fully saturated rings. The van der Waals surface area contributed by atoms with Gasteiger partial charge in [0.1, 0.15) is 9.93 Å². The summed E-state index contributed by atoms with van der Waals surface area (Å²) in [6.45, 7) is 4.68. The number of hydrogen-bond acceptors (Lipinski definition) is 2. The van der Waals surface area contributed by atoms with Crippen LogP contribution in [0.15, 0.2) is 12.3 Å². The van der Waals surface area contributed by atoms with E-state index in [4.69, 9.17) is 4.74 Å². The summed E-state index contributed by atoms with van der Waals surface area (Å²) in [4.78, 5) is 0. The lowest BCUT2D eigenvalue weighted by molar-refractivity contribution is 0.0157. The third-order valence-electron chi connectivity index (χ3n) is 1.36. The molecule has 0 N–H and O–H groups in total. The summed E-state index contributed by atoms with van der Waals surface area (Å²) in [5, 5.41) is 4.21. The number of rotatable bonds is 3. The predicted octanol–water partition coefficient (Wildman–Crippen LogP) is 2.04. The van der Waals surface area contributed by atoms with Crippen molar-refractivity contribution in [2.75, 3.05) is 6.61 Å². The molecule has 62 valence electrons. The first-order valence-electron chi connectivity index (χ1n) is 3.56. The molecule has 0 aliphatic rings. The van der Waals surface area contributed by atoms with Crippen LogP contribution in [0, 0.1) is 3.70 Å². The van der Waals surface area contributed by atoms with Crippen LogP contribution >= 0.6 is 22.6 Å². The van der Waals surface area contributed by atoms with Crippen molar-refractivity contribution in [1.82, 2.24) is 9.78 Å². The molecule has 1 aromatic rings. The molecule has 0 aliphatic heterocycles. The monoisotopic (exact) mass is 266 g/mol. The van der Waals surface area contributed by atoms with Gasteiger partial charge in [-0.1, -0.05) is 0 Å². The topological polar surface area (TPSA) is 27.1 Å². The molecule has 0 aromatic carbocycles. The Hall–Kier alpha value is -0.100. The van der Waals surface area contributed by atoms with Gasteiger partial charge in [0.25, 0.3) is 0 Å². The molecule has 0 saturated heterocycles. The van der Waals surface area contributed by atoms with E-state index < -0.39 is 0 Å². The maximum atomic E-state index is 5.34. The standard InChI is InChI=1S/C7H11IN2O/c1-3-11-6(2)10-5-4-7(8)9-10/h4-6H,3H2,1-2H3. The van der Waals surface area contributed by atoms with E-state index in [0.717, 1.165) is 10.3 Å². The molecule has 0 bridgehead atoms. The van der Waals surface area contributed by atoms with Crippen molar-refractivity contribution in [1.29, 1.82) is 0 Å². The van der Waals surface area contributed by atoms with Crippen LogP contribution in [0.4, 0.5) is 0 Å². The van der Waals surface area contributed by atoms with Crippen molar-refractivity contribution in [3.05, 3.63) is 16.0 Å². The van der Waals surface area contributed by atoms with Gasteiger partial charge in [0.2, 0.25) is 0 Å². The lowest BCUT2D eigenvalue weighted by Crippen LogP contribution is -2.09. The molecule has 0 spiro atoms. The van der Waals surface area contributed by atoms with E-state index >= 15 is 0 Å². The molecule has 3 nitrogen and oxygen atoms in total. The minimum absolute atomic E-state index is 0.0449. The summed E-state index contributed by atoms with van der Waals surface area (Å²) in [7, 11) is 0. The van der Waals surface area contributed by atoms with Crippen LogP contribution in [-0.4, -0.2) is 16.4 Å². The maximum absolute atomic E-state index is 5.34. The van der Waals surface area contributed by atoms with E-state index in [0.29, 0.717) is 0 Å². The molecule has 1 rings (SSSR count). The highest BCUT2D eigenvalue weighted by Crippen LogP contribution is 2.07. The Bertz CT molecular complexity index is 224. The molecule has 0 aliphatic carbocycles. The van der Waals surface area contributed by atoms with Gasteiger partial charge >= 0.3 is 0 Å². The Morgan fingerprint density at radius 3 is 3.00 bits per heavy atom. The van der Waals surface area contributed by atoms with Crippen molar-refractivity contribution in [2.45, 2.75) is 20.1 Å². The van der Waals surface area contributed by atoms with E-state index in [1.54, 1.807) is 0 Å². The number of hydrogen-bond donors (Lipinski definition) is 0. The maximum Gasteiger partial charge on any atom is 0.147 e. The lowest BCUT2D eigenvalue weighted by atomic mass is 10.6. The fourth-order valence-electron chi connectivity index (χ4n) is 0.835. The fourth-order valence-corrected chi connectivity index (χ4v) is 1.24. The van der Waals surface area contributed by atoms with Gasteiger partial charge in [0, 0.05) is 12.8 Å². The second-order valence-corrected chi connectivity index (χ2v) is 3.28. The molecule has 4 heteroatoms. The average Bonchev–Trinajstić information content (AvgIpc) is 2.36. The highest BCUT2D eigenvalue weighted by molar-refractivity contribution is 14.1. The number of aromatic nitrogens is 2. The zero-order valence-corrected chi connectivity index (χ0v) is 8.78. The third-order valence-corrected chi connectivity index (χ3v) is 1.93. The van der Waals surface area contributed by atoms with Crippen molar-refractivity contribution in [2.24, 2.45) is 0 Å². The summed E-state index contributed by atoms with van der Waals surface area (Å²) in [6.07, 6.45) is 1.96. The molecule has 1 aromatic heterocycles. The first-order chi connectivity index (χ1) is 5.24. The van der Waals surface area contributed by atoms with E-state index in [9.17, 15) is 0 Å². The van der Waals surface area contributed by atoms with Gasteiger partial charge in [-0.05, 0) is 42.5 Å².